The number of rotatable bonds is 0. The molecule has 5 atom stereocenters. The molecule has 4 heteroatoms. The molecule has 3 aliphatic carbocycles. The Balaban J connectivity index is 1.76. The van der Waals surface area contributed by atoms with E-state index in [0.717, 1.165) is 24.8 Å². The number of ether oxygens (including phenoxy) is 1. The monoisotopic (exact) mass is 302 g/mol. The molecule has 118 valence electrons. The number of fused-ring (bicyclic) bond motifs is 5. The molecule has 1 aliphatic heterocycles. The van der Waals surface area contributed by atoms with Gasteiger partial charge in [-0.15, -0.1) is 0 Å². The number of ketones is 2. The Labute approximate surface area is 130 Å². The number of carbonyl (C=O) groups excluding carboxylic acids is 3. The van der Waals surface area contributed by atoms with Crippen molar-refractivity contribution >= 4 is 17.5 Å². The molecule has 0 aromatic heterocycles. The molecule has 1 heterocycles. The van der Waals surface area contributed by atoms with Crippen LogP contribution in [0, 0.1) is 28.6 Å². The van der Waals surface area contributed by atoms with Crippen LogP contribution in [0.15, 0.2) is 11.6 Å². The van der Waals surface area contributed by atoms with Gasteiger partial charge in [0.15, 0.2) is 11.6 Å². The van der Waals surface area contributed by atoms with E-state index in [1.54, 1.807) is 6.08 Å². The second kappa shape index (κ2) is 4.30. The fourth-order valence-corrected chi connectivity index (χ4v) is 5.60. The largest absolute Gasteiger partial charge is 0.465 e. The summed E-state index contributed by atoms with van der Waals surface area (Å²) in [5, 5.41) is 0. The molecule has 2 saturated carbocycles. The van der Waals surface area contributed by atoms with Crippen LogP contribution in [0.25, 0.3) is 0 Å². The van der Waals surface area contributed by atoms with Gasteiger partial charge in [0, 0.05) is 24.3 Å². The van der Waals surface area contributed by atoms with Crippen LogP contribution in [-0.2, 0) is 19.1 Å². The van der Waals surface area contributed by atoms with Gasteiger partial charge in [-0.1, -0.05) is 6.92 Å². The first kappa shape index (κ1) is 14.2. The van der Waals surface area contributed by atoms with Gasteiger partial charge in [0.25, 0.3) is 0 Å². The molecule has 3 fully saturated rings. The van der Waals surface area contributed by atoms with Gasteiger partial charge in [0.2, 0.25) is 0 Å². The van der Waals surface area contributed by atoms with Gasteiger partial charge in [0.05, 0.1) is 12.0 Å². The minimum atomic E-state index is -0.413. The normalized spacial score (nSPS) is 47.3. The van der Waals surface area contributed by atoms with Crippen LogP contribution in [0.4, 0.5) is 0 Å². The zero-order chi connectivity index (χ0) is 15.7. The van der Waals surface area contributed by atoms with E-state index in [0.29, 0.717) is 25.4 Å². The summed E-state index contributed by atoms with van der Waals surface area (Å²) in [5.41, 5.74) is 0.142. The lowest BCUT2D eigenvalue weighted by atomic mass is 9.47. The van der Waals surface area contributed by atoms with Crippen LogP contribution >= 0.6 is 0 Å². The summed E-state index contributed by atoms with van der Waals surface area (Å²) in [5.74, 6) is 0.859. The van der Waals surface area contributed by atoms with E-state index < -0.39 is 5.41 Å². The molecule has 1 saturated heterocycles. The molecule has 0 spiro atoms. The van der Waals surface area contributed by atoms with E-state index in [1.807, 2.05) is 6.92 Å². The summed E-state index contributed by atoms with van der Waals surface area (Å²) >= 11 is 0. The van der Waals surface area contributed by atoms with Crippen molar-refractivity contribution < 1.29 is 19.1 Å². The first-order valence-corrected chi connectivity index (χ1v) is 8.32. The first-order chi connectivity index (χ1) is 10.4. The summed E-state index contributed by atoms with van der Waals surface area (Å²) < 4.78 is 5.35. The SMILES string of the molecule is C[C@]12CCC(=O)C=C1C(=O)C[C@@H]1[C@H]2CC[C@]2(C)C(=O)OC[C@@H]12. The number of allylic oxidation sites excluding steroid dienone is 2. The van der Waals surface area contributed by atoms with Crippen molar-refractivity contribution in [3.05, 3.63) is 11.6 Å². The highest BCUT2D eigenvalue weighted by Gasteiger charge is 2.62. The van der Waals surface area contributed by atoms with E-state index in [9.17, 15) is 14.4 Å². The number of hydrogen-bond donors (Lipinski definition) is 0. The Morgan fingerprint density at radius 1 is 1.09 bits per heavy atom. The Morgan fingerprint density at radius 3 is 2.64 bits per heavy atom. The fourth-order valence-electron chi connectivity index (χ4n) is 5.60. The summed E-state index contributed by atoms with van der Waals surface area (Å²) in [6.45, 7) is 4.61. The highest BCUT2D eigenvalue weighted by Crippen LogP contribution is 2.62. The van der Waals surface area contributed by atoms with Gasteiger partial charge in [0.1, 0.15) is 0 Å². The molecule has 0 amide bonds. The maximum Gasteiger partial charge on any atom is 0.312 e. The standard InChI is InChI=1S/C18H22O4/c1-17-5-3-10(19)7-13(17)15(20)8-11-12(17)4-6-18(2)14(11)9-22-16(18)21/h7,11-12,14H,3-6,8-9H2,1-2H3/t11-,12-,14+,17-,18+/m1/s1. The van der Waals surface area contributed by atoms with E-state index in [2.05, 4.69) is 6.92 Å². The number of hydrogen-bond acceptors (Lipinski definition) is 4. The van der Waals surface area contributed by atoms with Crippen LogP contribution < -0.4 is 0 Å². The van der Waals surface area contributed by atoms with Crippen LogP contribution in [0.5, 0.6) is 0 Å². The molecule has 22 heavy (non-hydrogen) atoms. The second-order valence-electron chi connectivity index (χ2n) is 8.00. The fraction of sp³-hybridized carbons (Fsp3) is 0.722. The Morgan fingerprint density at radius 2 is 1.86 bits per heavy atom. The molecular formula is C18H22O4. The maximum atomic E-state index is 12.7. The summed E-state index contributed by atoms with van der Waals surface area (Å²) in [6.07, 6.45) is 5.16. The second-order valence-corrected chi connectivity index (χ2v) is 8.00. The number of Topliss-reactive ketones (excluding diaryl/α,β-unsaturated/α-hetero) is 1. The zero-order valence-electron chi connectivity index (χ0n) is 13.2. The average Bonchev–Trinajstić information content (AvgIpc) is 2.77. The molecule has 4 nitrogen and oxygen atoms in total. The van der Waals surface area contributed by atoms with E-state index in [1.165, 1.54) is 0 Å². The molecular weight excluding hydrogens is 280 g/mol. The molecule has 0 aromatic rings. The quantitative estimate of drug-likeness (QED) is 0.645. The third kappa shape index (κ3) is 1.61. The van der Waals surface area contributed by atoms with Gasteiger partial charge in [-0.2, -0.15) is 0 Å². The average molecular weight is 302 g/mol. The molecule has 0 bridgehead atoms. The molecule has 0 unspecified atom stereocenters. The van der Waals surface area contributed by atoms with Crippen LogP contribution in [0.3, 0.4) is 0 Å². The molecule has 4 rings (SSSR count). The lowest BCUT2D eigenvalue weighted by Gasteiger charge is -2.54. The van der Waals surface area contributed by atoms with Crippen LogP contribution in [0.2, 0.25) is 0 Å². The van der Waals surface area contributed by atoms with Crippen LogP contribution in [-0.4, -0.2) is 24.1 Å². The topological polar surface area (TPSA) is 60.4 Å². The summed E-state index contributed by atoms with van der Waals surface area (Å²) in [7, 11) is 0. The Kier molecular flexibility index (Phi) is 2.77. The predicted octanol–water partition coefficient (Wildman–Crippen LogP) is 2.46. The van der Waals surface area contributed by atoms with Crippen molar-refractivity contribution in [3.8, 4) is 0 Å². The van der Waals surface area contributed by atoms with Crippen molar-refractivity contribution in [3.63, 3.8) is 0 Å². The third-order valence-electron chi connectivity index (χ3n) is 7.04. The minimum Gasteiger partial charge on any atom is -0.465 e. The maximum absolute atomic E-state index is 12.7. The highest BCUT2D eigenvalue weighted by molar-refractivity contribution is 6.05. The van der Waals surface area contributed by atoms with Gasteiger partial charge in [-0.25, -0.2) is 0 Å². The lowest BCUT2D eigenvalue weighted by molar-refractivity contribution is -0.149. The number of carbonyl (C=O) groups is 3. The van der Waals surface area contributed by atoms with Gasteiger partial charge < -0.3 is 4.74 Å². The Hall–Kier alpha value is -1.45. The van der Waals surface area contributed by atoms with Gasteiger partial charge in [-0.3, -0.25) is 14.4 Å². The van der Waals surface area contributed by atoms with Crippen molar-refractivity contribution in [1.29, 1.82) is 0 Å². The smallest absolute Gasteiger partial charge is 0.312 e. The Bertz CT molecular complexity index is 619. The van der Waals surface area contributed by atoms with E-state index >= 15 is 0 Å². The van der Waals surface area contributed by atoms with Crippen LogP contribution in [0.1, 0.15) is 46.0 Å². The first-order valence-electron chi connectivity index (χ1n) is 8.32. The lowest BCUT2D eigenvalue weighted by Crippen LogP contribution is -2.53. The van der Waals surface area contributed by atoms with Gasteiger partial charge >= 0.3 is 5.97 Å². The highest BCUT2D eigenvalue weighted by atomic mass is 16.5. The third-order valence-corrected chi connectivity index (χ3v) is 7.04. The van der Waals surface area contributed by atoms with E-state index in [-0.39, 0.29) is 34.8 Å². The van der Waals surface area contributed by atoms with Crippen molar-refractivity contribution in [2.24, 2.45) is 28.6 Å². The summed E-state index contributed by atoms with van der Waals surface area (Å²) in [4.78, 5) is 36.5. The van der Waals surface area contributed by atoms with Crippen molar-refractivity contribution in [2.75, 3.05) is 6.61 Å². The molecule has 0 radical (unpaired) electrons. The summed E-state index contributed by atoms with van der Waals surface area (Å²) in [6, 6.07) is 0. The molecule has 0 aromatic carbocycles. The van der Waals surface area contributed by atoms with Gasteiger partial charge in [-0.05, 0) is 49.5 Å². The number of cyclic esters (lactones) is 1. The number of esters is 1. The van der Waals surface area contributed by atoms with Crippen molar-refractivity contribution in [2.45, 2.75) is 46.0 Å². The molecule has 0 N–H and O–H groups in total. The van der Waals surface area contributed by atoms with E-state index in [4.69, 9.17) is 4.74 Å². The van der Waals surface area contributed by atoms with Crippen molar-refractivity contribution in [1.82, 2.24) is 0 Å². The minimum absolute atomic E-state index is 0.0827. The zero-order valence-corrected chi connectivity index (χ0v) is 13.2. The molecule has 4 aliphatic rings. The predicted molar refractivity (Wildman–Crippen MR) is 78.8 cm³/mol.